The van der Waals surface area contributed by atoms with E-state index >= 15 is 0 Å². The first-order valence-electron chi connectivity index (χ1n) is 11.2. The van der Waals surface area contributed by atoms with Crippen LogP contribution < -0.4 is 10.2 Å². The summed E-state index contributed by atoms with van der Waals surface area (Å²) in [7, 11) is 1.67. The molecule has 2 N–H and O–H groups in total. The van der Waals surface area contributed by atoms with Gasteiger partial charge in [0, 0.05) is 37.1 Å². The van der Waals surface area contributed by atoms with E-state index in [0.717, 1.165) is 27.1 Å². The van der Waals surface area contributed by atoms with E-state index in [1.165, 1.54) is 17.2 Å². The summed E-state index contributed by atoms with van der Waals surface area (Å²) in [5.41, 5.74) is 2.81. The van der Waals surface area contributed by atoms with Crippen LogP contribution in [0.4, 0.5) is 14.9 Å². The number of amides is 2. The highest BCUT2D eigenvalue weighted by molar-refractivity contribution is 6.00. The molecule has 4 rings (SSSR count). The molecule has 35 heavy (non-hydrogen) atoms. The van der Waals surface area contributed by atoms with E-state index in [9.17, 15) is 19.1 Å². The maximum absolute atomic E-state index is 13.1. The molecule has 2 aromatic heterocycles. The fourth-order valence-corrected chi connectivity index (χ4v) is 3.82. The fourth-order valence-electron chi connectivity index (χ4n) is 3.82. The molecule has 1 aromatic carbocycles. The average molecular weight is 476 g/mol. The second-order valence-electron chi connectivity index (χ2n) is 9.05. The highest BCUT2D eigenvalue weighted by Gasteiger charge is 2.30. The topological polar surface area (TPSA) is 100 Å². The Bertz CT molecular complexity index is 1320. The average Bonchev–Trinajstić information content (AvgIpc) is 3.25. The van der Waals surface area contributed by atoms with Crippen LogP contribution >= 0.6 is 0 Å². The van der Waals surface area contributed by atoms with Gasteiger partial charge in [-0.1, -0.05) is 24.0 Å². The number of anilines is 1. The molecule has 0 aliphatic carbocycles. The molecule has 1 atom stereocenters. The Hall–Kier alpha value is -4.03. The van der Waals surface area contributed by atoms with Gasteiger partial charge in [-0.3, -0.25) is 4.79 Å². The standard InChI is InChI=1S/C26H26FN5O3/c1-26(2,35)11-10-17-4-6-20-7-8-21(24(33)31(3)22(20)13-17)30-25(34)32-16-19(15-29-32)12-18-5-9-23(27)28-14-18/h4-6,9,13-16,21,35H,7-8,12H2,1-3H3,(H,30,34)/t21-/m0/s1. The van der Waals surface area contributed by atoms with Crippen molar-refractivity contribution in [1.29, 1.82) is 0 Å². The Morgan fingerprint density at radius 1 is 1.26 bits per heavy atom. The van der Waals surface area contributed by atoms with Crippen molar-refractivity contribution in [3.63, 3.8) is 0 Å². The van der Waals surface area contributed by atoms with Crippen molar-refractivity contribution in [2.75, 3.05) is 11.9 Å². The van der Waals surface area contributed by atoms with Crippen LogP contribution in [0.15, 0.2) is 48.9 Å². The third kappa shape index (κ3) is 5.91. The highest BCUT2D eigenvalue weighted by Crippen LogP contribution is 2.27. The van der Waals surface area contributed by atoms with Gasteiger partial charge in [0.05, 0.1) is 6.20 Å². The van der Waals surface area contributed by atoms with Gasteiger partial charge < -0.3 is 15.3 Å². The summed E-state index contributed by atoms with van der Waals surface area (Å²) < 4.78 is 14.2. The van der Waals surface area contributed by atoms with E-state index in [1.54, 1.807) is 39.4 Å². The Kier molecular flexibility index (Phi) is 6.67. The van der Waals surface area contributed by atoms with Gasteiger partial charge in [0.1, 0.15) is 11.6 Å². The maximum atomic E-state index is 13.1. The van der Waals surface area contributed by atoms with Crippen molar-refractivity contribution in [3.05, 3.63) is 77.1 Å². The van der Waals surface area contributed by atoms with Gasteiger partial charge in [-0.25, -0.2) is 9.78 Å². The smallest absolute Gasteiger partial charge is 0.342 e. The van der Waals surface area contributed by atoms with Gasteiger partial charge in [-0.15, -0.1) is 0 Å². The minimum absolute atomic E-state index is 0.241. The molecule has 0 bridgehead atoms. The zero-order valence-electron chi connectivity index (χ0n) is 19.7. The summed E-state index contributed by atoms with van der Waals surface area (Å²) >= 11 is 0. The van der Waals surface area contributed by atoms with E-state index < -0.39 is 23.6 Å². The van der Waals surface area contributed by atoms with Crippen LogP contribution in [0.1, 0.15) is 42.5 Å². The minimum Gasteiger partial charge on any atom is -0.378 e. The van der Waals surface area contributed by atoms with Gasteiger partial charge in [-0.2, -0.15) is 14.2 Å². The first-order chi connectivity index (χ1) is 16.6. The number of aliphatic hydroxyl groups is 1. The predicted molar refractivity (Wildman–Crippen MR) is 128 cm³/mol. The SMILES string of the molecule is CN1C(=O)[C@@H](NC(=O)n2cc(Cc3ccc(F)nc3)cn2)CCc2ccc(C#CC(C)(C)O)cc21. The van der Waals surface area contributed by atoms with Crippen molar-refractivity contribution in [1.82, 2.24) is 20.1 Å². The number of pyridine rings is 1. The second kappa shape index (κ2) is 9.68. The van der Waals surface area contributed by atoms with E-state index in [2.05, 4.69) is 27.2 Å². The van der Waals surface area contributed by atoms with Crippen LogP contribution in [-0.2, 0) is 17.6 Å². The number of hydrogen-bond donors (Lipinski definition) is 2. The van der Waals surface area contributed by atoms with Crippen molar-refractivity contribution in [2.45, 2.75) is 44.8 Å². The Balaban J connectivity index is 1.45. The second-order valence-corrected chi connectivity index (χ2v) is 9.05. The first-order valence-corrected chi connectivity index (χ1v) is 11.2. The molecule has 9 heteroatoms. The third-order valence-electron chi connectivity index (χ3n) is 5.63. The molecule has 1 aliphatic heterocycles. The molecule has 3 heterocycles. The predicted octanol–water partition coefficient (Wildman–Crippen LogP) is 2.67. The number of carbonyl (C=O) groups is 2. The number of hydrogen-bond acceptors (Lipinski definition) is 5. The largest absolute Gasteiger partial charge is 0.378 e. The van der Waals surface area contributed by atoms with Crippen molar-refractivity contribution >= 4 is 17.6 Å². The first kappa shape index (κ1) is 24.1. The number of benzene rings is 1. The van der Waals surface area contributed by atoms with Gasteiger partial charge in [0.15, 0.2) is 0 Å². The molecule has 0 fully saturated rings. The third-order valence-corrected chi connectivity index (χ3v) is 5.63. The number of nitrogens with one attached hydrogen (secondary N) is 1. The number of aromatic nitrogens is 3. The summed E-state index contributed by atoms with van der Waals surface area (Å²) in [6.07, 6.45) is 6.04. The van der Waals surface area contributed by atoms with Gasteiger partial charge in [-0.05, 0) is 61.6 Å². The number of nitrogens with zero attached hydrogens (tertiary/aromatic N) is 4. The van der Waals surface area contributed by atoms with Crippen LogP contribution in [0.3, 0.4) is 0 Å². The highest BCUT2D eigenvalue weighted by atomic mass is 19.1. The Morgan fingerprint density at radius 3 is 2.77 bits per heavy atom. The molecular formula is C26H26FN5O3. The lowest BCUT2D eigenvalue weighted by atomic mass is 10.0. The summed E-state index contributed by atoms with van der Waals surface area (Å²) in [4.78, 5) is 31.1. The lowest BCUT2D eigenvalue weighted by molar-refractivity contribution is -0.120. The van der Waals surface area contributed by atoms with E-state index in [0.29, 0.717) is 24.8 Å². The summed E-state index contributed by atoms with van der Waals surface area (Å²) in [5, 5.41) is 16.7. The monoisotopic (exact) mass is 475 g/mol. The zero-order valence-corrected chi connectivity index (χ0v) is 19.7. The number of aryl methyl sites for hydroxylation is 1. The van der Waals surface area contributed by atoms with Gasteiger partial charge in [0.25, 0.3) is 0 Å². The van der Waals surface area contributed by atoms with Crippen LogP contribution in [0.2, 0.25) is 0 Å². The fraction of sp³-hybridized carbons (Fsp3) is 0.308. The van der Waals surface area contributed by atoms with E-state index in [-0.39, 0.29) is 5.91 Å². The molecule has 0 saturated heterocycles. The molecule has 0 saturated carbocycles. The quantitative estimate of drug-likeness (QED) is 0.448. The van der Waals surface area contributed by atoms with Crippen LogP contribution in [0, 0.1) is 17.8 Å². The number of fused-ring (bicyclic) bond motifs is 1. The minimum atomic E-state index is -1.12. The van der Waals surface area contributed by atoms with Gasteiger partial charge in [0.2, 0.25) is 11.9 Å². The summed E-state index contributed by atoms with van der Waals surface area (Å²) in [5.74, 6) is 4.92. The van der Waals surface area contributed by atoms with Crippen molar-refractivity contribution in [3.8, 4) is 11.8 Å². The molecule has 0 radical (unpaired) electrons. The molecule has 1 aliphatic rings. The molecule has 8 nitrogen and oxygen atoms in total. The van der Waals surface area contributed by atoms with E-state index in [4.69, 9.17) is 0 Å². The molecule has 2 amide bonds. The van der Waals surface area contributed by atoms with Gasteiger partial charge >= 0.3 is 6.03 Å². The van der Waals surface area contributed by atoms with Crippen molar-refractivity contribution < 1.29 is 19.1 Å². The number of rotatable bonds is 3. The number of likely N-dealkylation sites (N-methyl/N-ethyl adjacent to an activating group) is 1. The number of halogens is 1. The zero-order chi connectivity index (χ0) is 25.2. The van der Waals surface area contributed by atoms with Crippen LogP contribution in [0.25, 0.3) is 0 Å². The molecule has 3 aromatic rings. The molecule has 0 spiro atoms. The molecular weight excluding hydrogens is 449 g/mol. The molecule has 180 valence electrons. The Morgan fingerprint density at radius 2 is 2.06 bits per heavy atom. The molecule has 0 unspecified atom stereocenters. The normalized spacial score (nSPS) is 15.6. The maximum Gasteiger partial charge on any atom is 0.342 e. The summed E-state index contributed by atoms with van der Waals surface area (Å²) in [6, 6.07) is 7.27. The van der Waals surface area contributed by atoms with Crippen LogP contribution in [-0.4, -0.2) is 50.5 Å². The number of carbonyl (C=O) groups excluding carboxylic acids is 2. The van der Waals surface area contributed by atoms with Crippen LogP contribution in [0.5, 0.6) is 0 Å². The lowest BCUT2D eigenvalue weighted by Crippen LogP contribution is -2.48. The van der Waals surface area contributed by atoms with E-state index in [1.807, 2.05) is 18.2 Å². The lowest BCUT2D eigenvalue weighted by Gasteiger charge is -2.22. The summed E-state index contributed by atoms with van der Waals surface area (Å²) in [6.45, 7) is 3.21. The van der Waals surface area contributed by atoms with Crippen molar-refractivity contribution in [2.24, 2.45) is 0 Å². The Labute approximate surface area is 202 Å².